The van der Waals surface area contributed by atoms with Crippen LogP contribution in [0.15, 0.2) is 24.3 Å². The van der Waals surface area contributed by atoms with Crippen molar-refractivity contribution in [3.8, 4) is 0 Å². The second kappa shape index (κ2) is 13.9. The number of fused-ring (bicyclic) bond motifs is 1. The molecule has 1 unspecified atom stereocenters. The van der Waals surface area contributed by atoms with E-state index in [1.54, 1.807) is 12.1 Å². The first-order chi connectivity index (χ1) is 15.0. The SMILES string of the molecule is O.O.O=C(O)CN1C(=O)C(N[C@@H](COCCC2CCNCC2)C(=O)O)CCc2ccccc21. The number of nitrogens with one attached hydrogen (secondary N) is 2. The van der Waals surface area contributed by atoms with Gasteiger partial charge >= 0.3 is 11.9 Å². The Morgan fingerprint density at radius 2 is 1.85 bits per heavy atom. The van der Waals surface area contributed by atoms with Crippen molar-refractivity contribution in [2.45, 2.75) is 44.2 Å². The number of aliphatic carboxylic acids is 2. The lowest BCUT2D eigenvalue weighted by Gasteiger charge is -2.27. The second-order valence-electron chi connectivity index (χ2n) is 8.15. The normalized spacial score (nSPS) is 19.5. The number of nitrogens with zero attached hydrogens (tertiary/aromatic N) is 1. The van der Waals surface area contributed by atoms with E-state index in [4.69, 9.17) is 4.74 Å². The number of hydrogen-bond acceptors (Lipinski definition) is 6. The Morgan fingerprint density at radius 3 is 2.52 bits per heavy atom. The monoisotopic (exact) mass is 469 g/mol. The molecule has 0 aliphatic carbocycles. The van der Waals surface area contributed by atoms with Crippen molar-refractivity contribution >= 4 is 23.5 Å². The Morgan fingerprint density at radius 1 is 1.15 bits per heavy atom. The summed E-state index contributed by atoms with van der Waals surface area (Å²) in [6.07, 6.45) is 4.00. The fourth-order valence-corrected chi connectivity index (χ4v) is 4.22. The van der Waals surface area contributed by atoms with Gasteiger partial charge in [0.05, 0.1) is 12.6 Å². The molecule has 2 atom stereocenters. The van der Waals surface area contributed by atoms with E-state index in [2.05, 4.69) is 10.6 Å². The Hall–Kier alpha value is -2.57. The van der Waals surface area contributed by atoms with E-state index in [1.807, 2.05) is 12.1 Å². The number of para-hydroxylation sites is 1. The van der Waals surface area contributed by atoms with Gasteiger partial charge in [0.1, 0.15) is 12.6 Å². The first-order valence-electron chi connectivity index (χ1n) is 10.8. The number of hydrogen-bond donors (Lipinski definition) is 4. The number of carboxylic acids is 2. The van der Waals surface area contributed by atoms with E-state index < -0.39 is 36.5 Å². The van der Waals surface area contributed by atoms with Crippen LogP contribution in [0, 0.1) is 5.92 Å². The van der Waals surface area contributed by atoms with E-state index in [0.29, 0.717) is 31.1 Å². The van der Waals surface area contributed by atoms with Crippen molar-refractivity contribution in [3.05, 3.63) is 29.8 Å². The zero-order valence-electron chi connectivity index (χ0n) is 18.6. The number of aryl methyl sites for hydroxylation is 1. The number of anilines is 1. The van der Waals surface area contributed by atoms with Gasteiger partial charge in [0, 0.05) is 12.3 Å². The van der Waals surface area contributed by atoms with Gasteiger partial charge in [0.2, 0.25) is 5.91 Å². The zero-order valence-corrected chi connectivity index (χ0v) is 18.6. The molecular weight excluding hydrogens is 434 g/mol. The van der Waals surface area contributed by atoms with Crippen molar-refractivity contribution in [1.29, 1.82) is 0 Å². The Labute approximate surface area is 192 Å². The average Bonchev–Trinajstić information content (AvgIpc) is 2.88. The summed E-state index contributed by atoms with van der Waals surface area (Å²) in [5.41, 5.74) is 1.43. The molecule has 8 N–H and O–H groups in total. The molecular formula is C22H35N3O8. The third kappa shape index (κ3) is 8.06. The number of ether oxygens (including phenoxy) is 1. The number of piperidine rings is 1. The molecule has 1 aromatic carbocycles. The van der Waals surface area contributed by atoms with Crippen LogP contribution in [-0.4, -0.2) is 83.9 Å². The van der Waals surface area contributed by atoms with Crippen LogP contribution >= 0.6 is 0 Å². The molecule has 2 aliphatic heterocycles. The number of carbonyl (C=O) groups is 3. The van der Waals surface area contributed by atoms with Gasteiger partial charge in [-0.2, -0.15) is 0 Å². The molecule has 186 valence electrons. The zero-order chi connectivity index (χ0) is 22.2. The molecule has 33 heavy (non-hydrogen) atoms. The highest BCUT2D eigenvalue weighted by Crippen LogP contribution is 2.27. The van der Waals surface area contributed by atoms with Gasteiger partial charge in [0.15, 0.2) is 0 Å². The number of carbonyl (C=O) groups excluding carboxylic acids is 1. The fourth-order valence-electron chi connectivity index (χ4n) is 4.22. The fraction of sp³-hybridized carbons (Fsp3) is 0.591. The van der Waals surface area contributed by atoms with Crippen LogP contribution in [0.4, 0.5) is 5.69 Å². The van der Waals surface area contributed by atoms with Gasteiger partial charge in [-0.15, -0.1) is 0 Å². The maximum absolute atomic E-state index is 13.1. The minimum Gasteiger partial charge on any atom is -0.480 e. The third-order valence-electron chi connectivity index (χ3n) is 5.96. The third-order valence-corrected chi connectivity index (χ3v) is 5.96. The van der Waals surface area contributed by atoms with Crippen LogP contribution < -0.4 is 15.5 Å². The molecule has 0 aromatic heterocycles. The highest BCUT2D eigenvalue weighted by atomic mass is 16.5. The van der Waals surface area contributed by atoms with Crippen molar-refractivity contribution in [2.24, 2.45) is 5.92 Å². The van der Waals surface area contributed by atoms with Crippen LogP contribution in [0.5, 0.6) is 0 Å². The number of benzene rings is 1. The Kier molecular flexibility index (Phi) is 12.0. The lowest BCUT2D eigenvalue weighted by atomic mass is 9.95. The van der Waals surface area contributed by atoms with Gasteiger partial charge in [-0.1, -0.05) is 18.2 Å². The predicted octanol–water partition coefficient (Wildman–Crippen LogP) is -0.781. The number of rotatable bonds is 10. The Balaban J connectivity index is 0.00000272. The summed E-state index contributed by atoms with van der Waals surface area (Å²) >= 11 is 0. The lowest BCUT2D eigenvalue weighted by Crippen LogP contribution is -2.54. The van der Waals surface area contributed by atoms with Crippen LogP contribution in [0.1, 0.15) is 31.2 Å². The summed E-state index contributed by atoms with van der Waals surface area (Å²) in [4.78, 5) is 37.4. The topological polar surface area (TPSA) is 191 Å². The predicted molar refractivity (Wildman–Crippen MR) is 121 cm³/mol. The summed E-state index contributed by atoms with van der Waals surface area (Å²) in [6, 6.07) is 5.32. The molecule has 1 aromatic rings. The van der Waals surface area contributed by atoms with Crippen molar-refractivity contribution in [3.63, 3.8) is 0 Å². The molecule has 1 fully saturated rings. The molecule has 0 saturated carbocycles. The summed E-state index contributed by atoms with van der Waals surface area (Å²) in [5, 5.41) is 25.1. The average molecular weight is 470 g/mol. The number of amides is 1. The Bertz CT molecular complexity index is 785. The van der Waals surface area contributed by atoms with Crippen LogP contribution in [0.2, 0.25) is 0 Å². The summed E-state index contributed by atoms with van der Waals surface area (Å²) < 4.78 is 5.64. The molecule has 0 radical (unpaired) electrons. The van der Waals surface area contributed by atoms with Gasteiger partial charge < -0.3 is 31.2 Å². The number of carboxylic acid groups (broad SMARTS) is 2. The molecule has 1 saturated heterocycles. The van der Waals surface area contributed by atoms with Crippen LogP contribution in [-0.2, 0) is 25.5 Å². The van der Waals surface area contributed by atoms with E-state index in [0.717, 1.165) is 37.9 Å². The molecule has 11 nitrogen and oxygen atoms in total. The molecule has 1 amide bonds. The molecule has 2 aliphatic rings. The van der Waals surface area contributed by atoms with Crippen LogP contribution in [0.25, 0.3) is 0 Å². The molecule has 2 heterocycles. The standard InChI is InChI=1S/C22H31N3O6.2H2O/c26-20(27)13-25-19-4-2-1-3-16(19)5-6-17(21(25)28)24-18(22(29)30)14-31-12-9-15-7-10-23-11-8-15;;/h1-4,15,17-18,23-24H,5-14H2,(H,26,27)(H,29,30);2*1H2/t17?,18-;;/m0../s1. The summed E-state index contributed by atoms with van der Waals surface area (Å²) in [6.45, 7) is 1.96. The quantitative estimate of drug-likeness (QED) is 0.321. The molecule has 11 heteroatoms. The van der Waals surface area contributed by atoms with Gasteiger partial charge in [-0.3, -0.25) is 24.6 Å². The molecule has 0 spiro atoms. The first-order valence-corrected chi connectivity index (χ1v) is 10.8. The highest BCUT2D eigenvalue weighted by molar-refractivity contribution is 6.02. The maximum atomic E-state index is 13.1. The smallest absolute Gasteiger partial charge is 0.323 e. The molecule has 0 bridgehead atoms. The van der Waals surface area contributed by atoms with E-state index in [9.17, 15) is 24.6 Å². The summed E-state index contributed by atoms with van der Waals surface area (Å²) in [5.74, 6) is -2.07. The van der Waals surface area contributed by atoms with E-state index >= 15 is 0 Å². The largest absolute Gasteiger partial charge is 0.480 e. The lowest BCUT2D eigenvalue weighted by molar-refractivity contribution is -0.142. The van der Waals surface area contributed by atoms with Gasteiger partial charge in [-0.25, -0.2) is 0 Å². The minimum atomic E-state index is -1.13. The minimum absolute atomic E-state index is 0. The van der Waals surface area contributed by atoms with Crippen LogP contribution in [0.3, 0.4) is 0 Å². The van der Waals surface area contributed by atoms with E-state index in [1.165, 1.54) is 4.90 Å². The van der Waals surface area contributed by atoms with Crippen molar-refractivity contribution in [1.82, 2.24) is 10.6 Å². The second-order valence-corrected chi connectivity index (χ2v) is 8.15. The first kappa shape index (κ1) is 28.5. The summed E-state index contributed by atoms with van der Waals surface area (Å²) in [7, 11) is 0. The van der Waals surface area contributed by atoms with E-state index in [-0.39, 0.29) is 17.6 Å². The maximum Gasteiger partial charge on any atom is 0.323 e. The highest BCUT2D eigenvalue weighted by Gasteiger charge is 2.34. The van der Waals surface area contributed by atoms with Gasteiger partial charge in [0.25, 0.3) is 0 Å². The van der Waals surface area contributed by atoms with Crippen molar-refractivity contribution < 1.29 is 40.3 Å². The van der Waals surface area contributed by atoms with Gasteiger partial charge in [-0.05, 0) is 62.7 Å². The molecule has 3 rings (SSSR count). The van der Waals surface area contributed by atoms with Crippen molar-refractivity contribution in [2.75, 3.05) is 37.7 Å².